The van der Waals surface area contributed by atoms with Crippen LogP contribution >= 0.6 is 0 Å². The van der Waals surface area contributed by atoms with Crippen LogP contribution in [-0.2, 0) is 13.1 Å². The number of amides is 1. The van der Waals surface area contributed by atoms with E-state index in [1.165, 1.54) is 44.7 Å². The lowest BCUT2D eigenvalue weighted by Crippen LogP contribution is -2.33. The van der Waals surface area contributed by atoms with Gasteiger partial charge in [-0.2, -0.15) is 0 Å². The van der Waals surface area contributed by atoms with E-state index in [2.05, 4.69) is 14.3 Å². The maximum absolute atomic E-state index is 11.0. The van der Waals surface area contributed by atoms with E-state index in [-0.39, 0.29) is 5.91 Å². The van der Waals surface area contributed by atoms with Gasteiger partial charge in [-0.15, -0.1) is 0 Å². The predicted octanol–water partition coefficient (Wildman–Crippen LogP) is 2.60. The first kappa shape index (κ1) is 20.6. The second kappa shape index (κ2) is 11.8. The van der Waals surface area contributed by atoms with E-state index in [9.17, 15) is 4.79 Å². The summed E-state index contributed by atoms with van der Waals surface area (Å²) >= 11 is 0. The molecule has 2 aromatic heterocycles. The van der Waals surface area contributed by atoms with Gasteiger partial charge in [-0.05, 0) is 12.8 Å². The normalized spacial score (nSPS) is 11.1. The topological polar surface area (TPSA) is 83.4 Å². The van der Waals surface area contributed by atoms with Crippen molar-refractivity contribution >= 4 is 12.1 Å². The zero-order chi connectivity index (χ0) is 19.3. The number of nitrogens with two attached hydrogens (primary N) is 1. The van der Waals surface area contributed by atoms with Gasteiger partial charge in [0.15, 0.2) is 24.8 Å². The van der Waals surface area contributed by atoms with Crippen LogP contribution in [0.4, 0.5) is 0 Å². The summed E-state index contributed by atoms with van der Waals surface area (Å²) in [5.74, 6) is -0.381. The molecule has 0 aliphatic heterocycles. The van der Waals surface area contributed by atoms with Crippen LogP contribution in [0.3, 0.4) is 0 Å². The molecule has 0 atom stereocenters. The summed E-state index contributed by atoms with van der Waals surface area (Å²) in [6.45, 7) is 2.00. The van der Waals surface area contributed by atoms with Crippen LogP contribution in [0, 0.1) is 0 Å². The summed E-state index contributed by atoms with van der Waals surface area (Å²) < 4.78 is 4.26. The van der Waals surface area contributed by atoms with Gasteiger partial charge in [0, 0.05) is 42.7 Å². The Balaban J connectivity index is 1.48. The summed E-state index contributed by atoms with van der Waals surface area (Å²) in [5.41, 5.74) is 6.69. The summed E-state index contributed by atoms with van der Waals surface area (Å²) in [5, 5.41) is 11.5. The minimum Gasteiger partial charge on any atom is -0.411 e. The van der Waals surface area contributed by atoms with Gasteiger partial charge in [0.25, 0.3) is 0 Å². The molecule has 0 fully saturated rings. The van der Waals surface area contributed by atoms with Gasteiger partial charge in [0.1, 0.15) is 13.1 Å². The molecule has 0 aliphatic rings. The molecule has 0 aliphatic carbocycles. The summed E-state index contributed by atoms with van der Waals surface area (Å²) in [7, 11) is 0. The molecule has 0 spiro atoms. The molecule has 1 amide bonds. The van der Waals surface area contributed by atoms with Gasteiger partial charge < -0.3 is 10.9 Å². The molecule has 27 heavy (non-hydrogen) atoms. The predicted molar refractivity (Wildman–Crippen MR) is 103 cm³/mol. The van der Waals surface area contributed by atoms with Crippen LogP contribution in [0.2, 0.25) is 0 Å². The largest absolute Gasteiger partial charge is 0.411 e. The molecule has 0 unspecified atom stereocenters. The molecule has 144 valence electrons. The van der Waals surface area contributed by atoms with Gasteiger partial charge >= 0.3 is 0 Å². The lowest BCUT2D eigenvalue weighted by Gasteiger charge is -2.01. The van der Waals surface area contributed by atoms with Crippen molar-refractivity contribution in [2.24, 2.45) is 10.9 Å². The van der Waals surface area contributed by atoms with Crippen LogP contribution < -0.4 is 14.9 Å². The minimum absolute atomic E-state index is 0.381. The highest BCUT2D eigenvalue weighted by atomic mass is 16.4. The molecule has 2 rings (SSSR count). The van der Waals surface area contributed by atoms with Gasteiger partial charge in [-0.25, -0.2) is 9.13 Å². The molecular weight excluding hydrogens is 340 g/mol. The molecule has 6 nitrogen and oxygen atoms in total. The van der Waals surface area contributed by atoms with E-state index in [1.807, 2.05) is 36.9 Å². The molecule has 6 heteroatoms. The van der Waals surface area contributed by atoms with Crippen molar-refractivity contribution in [3.63, 3.8) is 0 Å². The summed E-state index contributed by atoms with van der Waals surface area (Å²) in [6, 6.07) is 7.43. The van der Waals surface area contributed by atoms with Crippen LogP contribution in [0.5, 0.6) is 0 Å². The Morgan fingerprint density at radius 1 is 0.852 bits per heavy atom. The fourth-order valence-corrected chi connectivity index (χ4v) is 3.01. The van der Waals surface area contributed by atoms with Crippen molar-refractivity contribution in [1.82, 2.24) is 0 Å². The summed E-state index contributed by atoms with van der Waals surface area (Å²) in [4.78, 5) is 11.0. The number of unbranched alkanes of at least 4 members (excludes halogenated alkanes) is 6. The van der Waals surface area contributed by atoms with Crippen molar-refractivity contribution in [2.45, 2.75) is 58.0 Å². The highest BCUT2D eigenvalue weighted by molar-refractivity contribution is 5.92. The van der Waals surface area contributed by atoms with Gasteiger partial charge in [-0.1, -0.05) is 24.4 Å². The second-order valence-corrected chi connectivity index (χ2v) is 6.78. The van der Waals surface area contributed by atoms with E-state index in [4.69, 9.17) is 10.9 Å². The van der Waals surface area contributed by atoms with Crippen LogP contribution in [0.25, 0.3) is 0 Å². The Labute approximate surface area is 161 Å². The number of hydrogen-bond acceptors (Lipinski definition) is 3. The van der Waals surface area contributed by atoms with Crippen LogP contribution in [0.15, 0.2) is 54.2 Å². The molecule has 0 bridgehead atoms. The average molecular weight is 370 g/mol. The number of rotatable bonds is 12. The van der Waals surface area contributed by atoms with E-state index in [0.717, 1.165) is 25.1 Å². The first-order chi connectivity index (χ1) is 13.2. The van der Waals surface area contributed by atoms with Crippen LogP contribution in [-0.4, -0.2) is 17.3 Å². The summed E-state index contributed by atoms with van der Waals surface area (Å²) in [6.07, 6.45) is 17.9. The van der Waals surface area contributed by atoms with E-state index in [1.54, 1.807) is 12.1 Å². The fraction of sp³-hybridized carbons (Fsp3) is 0.429. The number of pyridine rings is 2. The van der Waals surface area contributed by atoms with Crippen molar-refractivity contribution in [3.05, 3.63) is 60.2 Å². The monoisotopic (exact) mass is 370 g/mol. The molecule has 0 radical (unpaired) electrons. The van der Waals surface area contributed by atoms with E-state index in [0.29, 0.717) is 5.56 Å². The molecule has 0 saturated heterocycles. The number of aryl methyl sites for hydroxylation is 2. The Morgan fingerprint density at radius 2 is 1.30 bits per heavy atom. The maximum atomic E-state index is 11.0. The van der Waals surface area contributed by atoms with Gasteiger partial charge in [0.2, 0.25) is 5.91 Å². The zero-order valence-corrected chi connectivity index (χ0v) is 15.8. The first-order valence-electron chi connectivity index (χ1n) is 9.64. The van der Waals surface area contributed by atoms with E-state index >= 15 is 0 Å². The molecule has 2 aromatic rings. The fourth-order valence-electron chi connectivity index (χ4n) is 3.01. The van der Waals surface area contributed by atoms with Crippen molar-refractivity contribution in [2.75, 3.05) is 0 Å². The molecule has 3 N–H and O–H groups in total. The maximum Gasteiger partial charge on any atom is 0.249 e. The second-order valence-electron chi connectivity index (χ2n) is 6.78. The quantitative estimate of drug-likeness (QED) is 0.198. The SMILES string of the molecule is NC(=O)c1cc[n+](CCCCCCCCC[n+]2ccc(/C=N/O)cc2)cc1. The third-order valence-corrected chi connectivity index (χ3v) is 4.63. The standard InChI is InChI=1S/C21H28N4O2/c22-21(26)20-10-16-25(17-11-20)13-7-5-3-1-2-4-6-12-24-14-8-19(9-15-24)18-23-27/h8-11,14-18H,1-7,12-13H2,(H-,22,26)/p+2. The highest BCUT2D eigenvalue weighted by Gasteiger charge is 2.04. The smallest absolute Gasteiger partial charge is 0.249 e. The highest BCUT2D eigenvalue weighted by Crippen LogP contribution is 2.07. The molecule has 0 saturated carbocycles. The Hall–Kier alpha value is -2.76. The van der Waals surface area contributed by atoms with Gasteiger partial charge in [0.05, 0.1) is 11.8 Å². The average Bonchev–Trinajstić information content (AvgIpc) is 2.68. The number of carbonyl (C=O) groups is 1. The number of aromatic nitrogens is 2. The lowest BCUT2D eigenvalue weighted by molar-refractivity contribution is -0.697. The zero-order valence-electron chi connectivity index (χ0n) is 15.8. The third kappa shape index (κ3) is 7.98. The first-order valence-corrected chi connectivity index (χ1v) is 9.64. The van der Waals surface area contributed by atoms with Gasteiger partial charge in [-0.3, -0.25) is 4.79 Å². The van der Waals surface area contributed by atoms with E-state index < -0.39 is 0 Å². The Bertz CT molecular complexity index is 712. The van der Waals surface area contributed by atoms with Crippen molar-refractivity contribution in [3.8, 4) is 0 Å². The van der Waals surface area contributed by atoms with Crippen LogP contribution in [0.1, 0.15) is 60.9 Å². The lowest BCUT2D eigenvalue weighted by atomic mass is 10.1. The minimum atomic E-state index is -0.381. The third-order valence-electron chi connectivity index (χ3n) is 4.63. The Kier molecular flexibility index (Phi) is 8.96. The Morgan fingerprint density at radius 3 is 1.74 bits per heavy atom. The number of nitrogens with zero attached hydrogens (tertiary/aromatic N) is 3. The number of oxime groups is 1. The van der Waals surface area contributed by atoms with Crippen molar-refractivity contribution in [1.29, 1.82) is 0 Å². The molecule has 2 heterocycles. The molecular formula is C21H30N4O2+2. The number of primary amides is 1. The molecule has 0 aromatic carbocycles. The van der Waals surface area contributed by atoms with Crippen molar-refractivity contribution < 1.29 is 19.1 Å². The number of hydrogen-bond donors (Lipinski definition) is 2. The number of carbonyl (C=O) groups excluding carboxylic acids is 1.